The van der Waals surface area contributed by atoms with Crippen molar-refractivity contribution in [2.75, 3.05) is 60.7 Å². The molecule has 198 valence electrons. The number of benzene rings is 2. The third kappa shape index (κ3) is 5.28. The second-order valence-corrected chi connectivity index (χ2v) is 9.06. The third-order valence-electron chi connectivity index (χ3n) is 6.93. The second kappa shape index (κ2) is 11.7. The van der Waals surface area contributed by atoms with E-state index in [-0.39, 0.29) is 11.3 Å². The Morgan fingerprint density at radius 2 is 1.78 bits per heavy atom. The summed E-state index contributed by atoms with van der Waals surface area (Å²) in [5.74, 6) is -0.0989. The molecule has 2 aliphatic rings. The van der Waals surface area contributed by atoms with E-state index in [9.17, 15) is 14.7 Å². The number of hydrogen-bond donors (Lipinski definition) is 1. The summed E-state index contributed by atoms with van der Waals surface area (Å²) in [5.41, 5.74) is 1.77. The number of amides is 1. The van der Waals surface area contributed by atoms with Crippen LogP contribution < -0.4 is 14.2 Å². The molecule has 1 atom stereocenters. The fourth-order valence-electron chi connectivity index (χ4n) is 5.02. The van der Waals surface area contributed by atoms with Crippen LogP contribution in [-0.2, 0) is 14.3 Å². The lowest BCUT2D eigenvalue weighted by Crippen LogP contribution is -2.39. The van der Waals surface area contributed by atoms with Crippen LogP contribution in [0, 0.1) is 6.92 Å². The van der Waals surface area contributed by atoms with E-state index in [2.05, 4.69) is 4.90 Å². The summed E-state index contributed by atoms with van der Waals surface area (Å²) in [6.45, 7) is 5.97. The molecule has 0 aromatic heterocycles. The zero-order valence-corrected chi connectivity index (χ0v) is 21.8. The van der Waals surface area contributed by atoms with Crippen LogP contribution >= 0.6 is 0 Å². The largest absolute Gasteiger partial charge is 0.507 e. The van der Waals surface area contributed by atoms with Gasteiger partial charge in [0.15, 0.2) is 11.5 Å². The molecule has 2 fully saturated rings. The van der Waals surface area contributed by atoms with Gasteiger partial charge in [0.1, 0.15) is 11.5 Å². The first-order valence-corrected chi connectivity index (χ1v) is 12.4. The maximum Gasteiger partial charge on any atom is 0.295 e. The number of para-hydroxylation sites is 1. The molecular formula is C28H34N2O7. The number of carbonyl (C=O) groups is 2. The predicted molar refractivity (Wildman–Crippen MR) is 138 cm³/mol. The van der Waals surface area contributed by atoms with Crippen molar-refractivity contribution in [2.24, 2.45) is 0 Å². The van der Waals surface area contributed by atoms with Crippen molar-refractivity contribution >= 4 is 17.4 Å². The van der Waals surface area contributed by atoms with E-state index in [1.807, 2.05) is 6.92 Å². The molecule has 9 nitrogen and oxygen atoms in total. The number of carbonyl (C=O) groups excluding carboxylic acids is 2. The van der Waals surface area contributed by atoms with Crippen molar-refractivity contribution in [1.82, 2.24) is 9.80 Å². The van der Waals surface area contributed by atoms with Gasteiger partial charge in [-0.15, -0.1) is 0 Å². The fraction of sp³-hybridized carbons (Fsp3) is 0.429. The van der Waals surface area contributed by atoms with Crippen molar-refractivity contribution < 1.29 is 33.6 Å². The minimum absolute atomic E-state index is 0.0243. The Morgan fingerprint density at radius 3 is 2.43 bits per heavy atom. The highest BCUT2D eigenvalue weighted by atomic mass is 16.5. The normalized spacial score (nSPS) is 19.8. The first kappa shape index (κ1) is 26.5. The lowest BCUT2D eigenvalue weighted by molar-refractivity contribution is -0.140. The summed E-state index contributed by atoms with van der Waals surface area (Å²) in [6.07, 6.45) is 0.664. The van der Waals surface area contributed by atoms with Gasteiger partial charge < -0.3 is 29.0 Å². The maximum atomic E-state index is 13.4. The molecule has 0 unspecified atom stereocenters. The maximum absolute atomic E-state index is 13.4. The van der Waals surface area contributed by atoms with Crippen LogP contribution in [0.4, 0.5) is 0 Å². The van der Waals surface area contributed by atoms with Crippen LogP contribution in [0.5, 0.6) is 17.2 Å². The summed E-state index contributed by atoms with van der Waals surface area (Å²) in [6, 6.07) is 9.66. The standard InChI is InChI=1S/C28H34N2O7/c1-18-17-19(34-2)9-10-20(18)25(31)23-24(21-7-5-8-22(35-3)27(21)36-4)30(28(33)26(23)32)12-6-11-29-13-15-37-16-14-29/h5,7-10,17,24,31H,6,11-16H2,1-4H3/t24-/m1/s1. The number of Topliss-reactive ketones (excluding diaryl/α,β-unsaturated/α-hetero) is 1. The number of morpholine rings is 1. The summed E-state index contributed by atoms with van der Waals surface area (Å²) >= 11 is 0. The number of ether oxygens (including phenoxy) is 4. The van der Waals surface area contributed by atoms with E-state index in [1.165, 1.54) is 19.1 Å². The van der Waals surface area contributed by atoms with Gasteiger partial charge in [0.25, 0.3) is 11.7 Å². The SMILES string of the molecule is COc1ccc(C(O)=C2C(=O)C(=O)N(CCCN3CCOCC3)[C@@H]2c2cccc(OC)c2OC)c(C)c1. The van der Waals surface area contributed by atoms with Crippen molar-refractivity contribution in [3.05, 3.63) is 58.7 Å². The topological polar surface area (TPSA) is 97.8 Å². The van der Waals surface area contributed by atoms with Crippen LogP contribution in [0.3, 0.4) is 0 Å². The quantitative estimate of drug-likeness (QED) is 0.312. The van der Waals surface area contributed by atoms with Gasteiger partial charge in [-0.1, -0.05) is 12.1 Å². The highest BCUT2D eigenvalue weighted by Crippen LogP contribution is 2.45. The monoisotopic (exact) mass is 510 g/mol. The van der Waals surface area contributed by atoms with Crippen molar-refractivity contribution in [2.45, 2.75) is 19.4 Å². The number of likely N-dealkylation sites (tertiary alicyclic amines) is 1. The van der Waals surface area contributed by atoms with Crippen LogP contribution in [0.1, 0.15) is 29.2 Å². The Bertz CT molecular complexity index is 1190. The van der Waals surface area contributed by atoms with Gasteiger partial charge in [0, 0.05) is 37.3 Å². The molecule has 0 aliphatic carbocycles. The summed E-state index contributed by atoms with van der Waals surface area (Å²) < 4.78 is 21.9. The van der Waals surface area contributed by atoms with Gasteiger partial charge >= 0.3 is 0 Å². The third-order valence-corrected chi connectivity index (χ3v) is 6.93. The van der Waals surface area contributed by atoms with E-state index >= 15 is 0 Å². The predicted octanol–water partition coefficient (Wildman–Crippen LogP) is 3.16. The minimum Gasteiger partial charge on any atom is -0.507 e. The van der Waals surface area contributed by atoms with E-state index < -0.39 is 17.7 Å². The highest BCUT2D eigenvalue weighted by Gasteiger charge is 2.47. The molecule has 9 heteroatoms. The first-order chi connectivity index (χ1) is 17.9. The lowest BCUT2D eigenvalue weighted by Gasteiger charge is -2.30. The average Bonchev–Trinajstić information content (AvgIpc) is 3.17. The van der Waals surface area contributed by atoms with Gasteiger partial charge in [-0.2, -0.15) is 0 Å². The molecule has 2 aromatic rings. The molecule has 37 heavy (non-hydrogen) atoms. The smallest absolute Gasteiger partial charge is 0.295 e. The van der Waals surface area contributed by atoms with Crippen LogP contribution in [0.25, 0.3) is 5.76 Å². The molecule has 2 aromatic carbocycles. The molecule has 0 spiro atoms. The zero-order valence-electron chi connectivity index (χ0n) is 21.8. The Kier molecular flexibility index (Phi) is 8.35. The molecule has 2 saturated heterocycles. The number of aliphatic hydroxyl groups excluding tert-OH is 1. The Balaban J connectivity index is 1.78. The first-order valence-electron chi connectivity index (χ1n) is 12.4. The van der Waals surface area contributed by atoms with Crippen LogP contribution in [0.2, 0.25) is 0 Å². The molecule has 1 amide bonds. The van der Waals surface area contributed by atoms with Gasteiger partial charge in [0.05, 0.1) is 46.2 Å². The van der Waals surface area contributed by atoms with Crippen LogP contribution in [0.15, 0.2) is 42.0 Å². The van der Waals surface area contributed by atoms with Crippen molar-refractivity contribution in [1.29, 1.82) is 0 Å². The number of ketones is 1. The number of rotatable bonds is 9. The highest BCUT2D eigenvalue weighted by molar-refractivity contribution is 6.46. The number of nitrogens with zero attached hydrogens (tertiary/aromatic N) is 2. The summed E-state index contributed by atoms with van der Waals surface area (Å²) in [7, 11) is 4.60. The van der Waals surface area contributed by atoms with Gasteiger partial charge in [0.2, 0.25) is 0 Å². The Hall–Kier alpha value is -3.56. The molecule has 0 radical (unpaired) electrons. The van der Waals surface area contributed by atoms with Crippen LogP contribution in [-0.4, -0.2) is 87.3 Å². The molecule has 4 rings (SSSR count). The van der Waals surface area contributed by atoms with Gasteiger partial charge in [-0.25, -0.2) is 0 Å². The second-order valence-electron chi connectivity index (χ2n) is 9.06. The van der Waals surface area contributed by atoms with E-state index in [0.717, 1.165) is 19.6 Å². The van der Waals surface area contributed by atoms with Crippen molar-refractivity contribution in [3.63, 3.8) is 0 Å². The Labute approximate surface area is 217 Å². The van der Waals surface area contributed by atoms with E-state index in [4.69, 9.17) is 18.9 Å². The molecule has 1 N–H and O–H groups in total. The molecular weight excluding hydrogens is 476 g/mol. The zero-order chi connectivity index (χ0) is 26.5. The molecule has 0 bridgehead atoms. The average molecular weight is 511 g/mol. The van der Waals surface area contributed by atoms with E-state index in [0.29, 0.717) is 60.1 Å². The van der Waals surface area contributed by atoms with Gasteiger partial charge in [-0.05, 0) is 43.2 Å². The fourth-order valence-corrected chi connectivity index (χ4v) is 5.02. The minimum atomic E-state index is -0.837. The van der Waals surface area contributed by atoms with Gasteiger partial charge in [-0.3, -0.25) is 14.5 Å². The number of aliphatic hydroxyl groups is 1. The summed E-state index contributed by atoms with van der Waals surface area (Å²) in [4.78, 5) is 30.6. The number of hydrogen-bond acceptors (Lipinski definition) is 8. The molecule has 0 saturated carbocycles. The lowest BCUT2D eigenvalue weighted by atomic mass is 9.93. The Morgan fingerprint density at radius 1 is 1.03 bits per heavy atom. The number of methoxy groups -OCH3 is 3. The van der Waals surface area contributed by atoms with Crippen molar-refractivity contribution in [3.8, 4) is 17.2 Å². The summed E-state index contributed by atoms with van der Waals surface area (Å²) in [5, 5.41) is 11.5. The number of aryl methyl sites for hydroxylation is 1. The van der Waals surface area contributed by atoms with E-state index in [1.54, 1.807) is 43.5 Å². The molecule has 2 aliphatic heterocycles. The molecule has 2 heterocycles.